The Morgan fingerprint density at radius 2 is 2.00 bits per heavy atom. The number of hydrogen-bond donors (Lipinski definition) is 2. The van der Waals surface area contributed by atoms with Gasteiger partial charge in [-0.05, 0) is 36.2 Å². The average molecular weight is 274 g/mol. The summed E-state index contributed by atoms with van der Waals surface area (Å²) in [7, 11) is 0. The van der Waals surface area contributed by atoms with Crippen LogP contribution < -0.4 is 11.1 Å². The van der Waals surface area contributed by atoms with Crippen LogP contribution in [0.15, 0.2) is 42.5 Å². The second-order valence-corrected chi connectivity index (χ2v) is 4.78. The molecule has 0 aliphatic heterocycles. The minimum atomic E-state index is -0.348. The highest BCUT2D eigenvalue weighted by atomic mass is 32.1. The third-order valence-electron chi connectivity index (χ3n) is 2.98. The van der Waals surface area contributed by atoms with Gasteiger partial charge in [0.1, 0.15) is 10.8 Å². The summed E-state index contributed by atoms with van der Waals surface area (Å²) < 4.78 is 13.8. The molecule has 0 bridgehead atoms. The zero-order chi connectivity index (χ0) is 13.8. The average Bonchev–Trinajstić information content (AvgIpc) is 2.39. The Balaban J connectivity index is 2.12. The Labute approximate surface area is 117 Å². The predicted molar refractivity (Wildman–Crippen MR) is 80.8 cm³/mol. The number of aryl methyl sites for hydroxylation is 1. The summed E-state index contributed by atoms with van der Waals surface area (Å²) in [6, 6.07) is 12.7. The molecule has 2 rings (SSSR count). The molecule has 0 fully saturated rings. The van der Waals surface area contributed by atoms with E-state index in [2.05, 4.69) is 5.32 Å². The molecule has 0 aliphatic rings. The number of thiocarbonyl (C=S) groups is 1. The van der Waals surface area contributed by atoms with E-state index in [9.17, 15) is 4.39 Å². The molecule has 0 saturated carbocycles. The third-order valence-corrected chi connectivity index (χ3v) is 3.22. The van der Waals surface area contributed by atoms with Crippen molar-refractivity contribution in [2.75, 3.05) is 5.32 Å². The van der Waals surface area contributed by atoms with Gasteiger partial charge >= 0.3 is 0 Å². The Hall–Kier alpha value is -1.94. The van der Waals surface area contributed by atoms with E-state index in [0.717, 1.165) is 5.56 Å². The quantitative estimate of drug-likeness (QED) is 0.839. The lowest BCUT2D eigenvalue weighted by molar-refractivity contribution is 0.630. The smallest absolute Gasteiger partial charge is 0.146 e. The maximum atomic E-state index is 13.8. The van der Waals surface area contributed by atoms with Crippen molar-refractivity contribution < 1.29 is 4.39 Å². The van der Waals surface area contributed by atoms with Gasteiger partial charge in [0.05, 0.1) is 5.69 Å². The van der Waals surface area contributed by atoms with Crippen molar-refractivity contribution in [3.63, 3.8) is 0 Å². The van der Waals surface area contributed by atoms with Gasteiger partial charge in [0.15, 0.2) is 0 Å². The fraction of sp³-hybridized carbons (Fsp3) is 0.133. The molecule has 0 aromatic heterocycles. The van der Waals surface area contributed by atoms with Gasteiger partial charge in [-0.15, -0.1) is 0 Å². The van der Waals surface area contributed by atoms with Crippen LogP contribution in [0.4, 0.5) is 10.1 Å². The number of halogens is 1. The maximum Gasteiger partial charge on any atom is 0.146 e. The summed E-state index contributed by atoms with van der Waals surface area (Å²) in [6.07, 6.45) is 0. The minimum Gasteiger partial charge on any atom is -0.389 e. The molecular weight excluding hydrogens is 259 g/mol. The SMILES string of the molecule is Cc1ccccc1CNc1ccc(C(N)=S)cc1F. The molecule has 0 saturated heterocycles. The van der Waals surface area contributed by atoms with Crippen molar-refractivity contribution in [1.82, 2.24) is 0 Å². The summed E-state index contributed by atoms with van der Waals surface area (Å²) >= 11 is 4.81. The first-order chi connectivity index (χ1) is 9.08. The van der Waals surface area contributed by atoms with Gasteiger partial charge in [0.2, 0.25) is 0 Å². The lowest BCUT2D eigenvalue weighted by atomic mass is 10.1. The van der Waals surface area contributed by atoms with Crippen LogP contribution in [0.2, 0.25) is 0 Å². The van der Waals surface area contributed by atoms with Gasteiger partial charge in [-0.2, -0.15) is 0 Å². The molecule has 3 N–H and O–H groups in total. The molecule has 0 atom stereocenters. The van der Waals surface area contributed by atoms with E-state index >= 15 is 0 Å². The van der Waals surface area contributed by atoms with E-state index in [-0.39, 0.29) is 10.8 Å². The van der Waals surface area contributed by atoms with Gasteiger partial charge < -0.3 is 11.1 Å². The molecule has 19 heavy (non-hydrogen) atoms. The number of rotatable bonds is 4. The lowest BCUT2D eigenvalue weighted by Crippen LogP contribution is -2.10. The van der Waals surface area contributed by atoms with Crippen LogP contribution in [0.3, 0.4) is 0 Å². The Bertz CT molecular complexity index is 611. The third kappa shape index (κ3) is 3.29. The lowest BCUT2D eigenvalue weighted by Gasteiger charge is -2.10. The molecule has 2 aromatic carbocycles. The summed E-state index contributed by atoms with van der Waals surface area (Å²) in [4.78, 5) is 0.198. The van der Waals surface area contributed by atoms with Crippen LogP contribution in [0, 0.1) is 12.7 Å². The highest BCUT2D eigenvalue weighted by molar-refractivity contribution is 7.80. The van der Waals surface area contributed by atoms with Crippen molar-refractivity contribution in [2.24, 2.45) is 5.73 Å². The summed E-state index contributed by atoms with van der Waals surface area (Å²) in [6.45, 7) is 2.61. The van der Waals surface area contributed by atoms with E-state index < -0.39 is 0 Å². The maximum absolute atomic E-state index is 13.8. The highest BCUT2D eigenvalue weighted by Gasteiger charge is 2.05. The number of benzene rings is 2. The normalized spacial score (nSPS) is 10.2. The number of hydrogen-bond acceptors (Lipinski definition) is 2. The Morgan fingerprint density at radius 3 is 2.63 bits per heavy atom. The van der Waals surface area contributed by atoms with Gasteiger partial charge in [0.25, 0.3) is 0 Å². The van der Waals surface area contributed by atoms with E-state index in [0.29, 0.717) is 17.8 Å². The van der Waals surface area contributed by atoms with E-state index in [1.54, 1.807) is 12.1 Å². The van der Waals surface area contributed by atoms with Crippen molar-refractivity contribution in [1.29, 1.82) is 0 Å². The van der Waals surface area contributed by atoms with E-state index in [4.69, 9.17) is 18.0 Å². The molecular formula is C15H15FN2S. The Kier molecular flexibility index (Phi) is 4.12. The second kappa shape index (κ2) is 5.80. The van der Waals surface area contributed by atoms with E-state index in [1.807, 2.05) is 31.2 Å². The predicted octanol–water partition coefficient (Wildman–Crippen LogP) is 3.38. The summed E-state index contributed by atoms with van der Waals surface area (Å²) in [5.41, 5.74) is 8.76. The van der Waals surface area contributed by atoms with Gasteiger partial charge in [0, 0.05) is 12.1 Å². The van der Waals surface area contributed by atoms with Gasteiger partial charge in [-0.25, -0.2) is 4.39 Å². The van der Waals surface area contributed by atoms with Crippen LogP contribution in [0.1, 0.15) is 16.7 Å². The molecule has 0 radical (unpaired) electrons. The number of nitrogens with two attached hydrogens (primary N) is 1. The van der Waals surface area contributed by atoms with Crippen LogP contribution >= 0.6 is 12.2 Å². The molecule has 0 spiro atoms. The Morgan fingerprint density at radius 1 is 1.26 bits per heavy atom. The highest BCUT2D eigenvalue weighted by Crippen LogP contribution is 2.17. The largest absolute Gasteiger partial charge is 0.389 e. The van der Waals surface area contributed by atoms with Crippen molar-refractivity contribution in [3.8, 4) is 0 Å². The first-order valence-electron chi connectivity index (χ1n) is 5.95. The summed E-state index contributed by atoms with van der Waals surface area (Å²) in [5.74, 6) is -0.348. The standard InChI is InChI=1S/C15H15FN2S/c1-10-4-2-3-5-12(10)9-18-14-7-6-11(15(17)19)8-13(14)16/h2-8,18H,9H2,1H3,(H2,17,19). The molecule has 0 unspecified atom stereocenters. The van der Waals surface area contributed by atoms with Gasteiger partial charge in [-0.3, -0.25) is 0 Å². The first kappa shape index (κ1) is 13.5. The van der Waals surface area contributed by atoms with Crippen molar-refractivity contribution in [3.05, 3.63) is 65.0 Å². The zero-order valence-electron chi connectivity index (χ0n) is 10.6. The zero-order valence-corrected chi connectivity index (χ0v) is 11.4. The molecule has 98 valence electrons. The van der Waals surface area contributed by atoms with Crippen LogP contribution in [0.25, 0.3) is 0 Å². The molecule has 0 aliphatic carbocycles. The molecule has 2 nitrogen and oxygen atoms in total. The minimum absolute atomic E-state index is 0.198. The topological polar surface area (TPSA) is 38.0 Å². The van der Waals surface area contributed by atoms with Crippen molar-refractivity contribution >= 4 is 22.9 Å². The molecule has 0 amide bonds. The van der Waals surface area contributed by atoms with Crippen LogP contribution in [0.5, 0.6) is 0 Å². The molecule has 4 heteroatoms. The van der Waals surface area contributed by atoms with Crippen molar-refractivity contribution in [2.45, 2.75) is 13.5 Å². The molecule has 0 heterocycles. The summed E-state index contributed by atoms with van der Waals surface area (Å²) in [5, 5.41) is 3.08. The molecule has 2 aromatic rings. The van der Waals surface area contributed by atoms with Gasteiger partial charge in [-0.1, -0.05) is 36.5 Å². The monoisotopic (exact) mass is 274 g/mol. The first-order valence-corrected chi connectivity index (χ1v) is 6.36. The number of nitrogens with one attached hydrogen (secondary N) is 1. The fourth-order valence-corrected chi connectivity index (χ4v) is 1.94. The van der Waals surface area contributed by atoms with Crippen LogP contribution in [-0.4, -0.2) is 4.99 Å². The second-order valence-electron chi connectivity index (χ2n) is 4.34. The van der Waals surface area contributed by atoms with E-state index in [1.165, 1.54) is 11.6 Å². The fourth-order valence-electron chi connectivity index (χ4n) is 1.81. The van der Waals surface area contributed by atoms with Crippen LogP contribution in [-0.2, 0) is 6.54 Å². The number of anilines is 1.